The van der Waals surface area contributed by atoms with Gasteiger partial charge in [-0.05, 0) is 12.0 Å². The van der Waals surface area contributed by atoms with E-state index in [2.05, 4.69) is 13.5 Å². The standard InChI is InChI=1S/C13H17NO/c1-3-7-12(10(2)13(14)15)11-8-5-4-6-9-11/h4-6,8-9,12H,2-3,7H2,1H3,(H2,14,15). The van der Waals surface area contributed by atoms with Crippen LogP contribution in [0.3, 0.4) is 0 Å². The van der Waals surface area contributed by atoms with Crippen LogP contribution in [0.4, 0.5) is 0 Å². The Morgan fingerprint density at radius 2 is 2.00 bits per heavy atom. The number of primary amides is 1. The lowest BCUT2D eigenvalue weighted by Crippen LogP contribution is -2.18. The van der Waals surface area contributed by atoms with Crippen molar-refractivity contribution in [2.24, 2.45) is 5.73 Å². The normalized spacial score (nSPS) is 12.1. The van der Waals surface area contributed by atoms with E-state index in [1.165, 1.54) is 0 Å². The minimum atomic E-state index is -0.405. The molecule has 0 aliphatic rings. The molecule has 0 radical (unpaired) electrons. The summed E-state index contributed by atoms with van der Waals surface area (Å²) in [4.78, 5) is 11.1. The van der Waals surface area contributed by atoms with E-state index in [0.29, 0.717) is 5.57 Å². The first-order chi connectivity index (χ1) is 7.16. The summed E-state index contributed by atoms with van der Waals surface area (Å²) in [7, 11) is 0. The molecule has 15 heavy (non-hydrogen) atoms. The van der Waals surface area contributed by atoms with Gasteiger partial charge in [0.25, 0.3) is 0 Å². The fraction of sp³-hybridized carbons (Fsp3) is 0.308. The zero-order chi connectivity index (χ0) is 11.3. The highest BCUT2D eigenvalue weighted by Gasteiger charge is 2.17. The highest BCUT2D eigenvalue weighted by Crippen LogP contribution is 2.27. The van der Waals surface area contributed by atoms with Crippen LogP contribution in [0.1, 0.15) is 31.2 Å². The summed E-state index contributed by atoms with van der Waals surface area (Å²) in [6, 6.07) is 9.90. The number of hydrogen-bond donors (Lipinski definition) is 1. The van der Waals surface area contributed by atoms with Gasteiger partial charge in [0, 0.05) is 11.5 Å². The van der Waals surface area contributed by atoms with Gasteiger partial charge in [-0.3, -0.25) is 4.79 Å². The van der Waals surface area contributed by atoms with Gasteiger partial charge in [0.1, 0.15) is 0 Å². The molecule has 1 aromatic carbocycles. The summed E-state index contributed by atoms with van der Waals surface area (Å²) in [5, 5.41) is 0. The van der Waals surface area contributed by atoms with Crippen molar-refractivity contribution >= 4 is 5.91 Å². The second-order valence-corrected chi connectivity index (χ2v) is 3.64. The molecule has 2 N–H and O–H groups in total. The zero-order valence-electron chi connectivity index (χ0n) is 9.07. The second-order valence-electron chi connectivity index (χ2n) is 3.64. The molecule has 0 heterocycles. The molecule has 0 fully saturated rings. The summed E-state index contributed by atoms with van der Waals surface area (Å²) in [6.45, 7) is 5.86. The Balaban J connectivity index is 2.93. The number of amides is 1. The number of nitrogens with two attached hydrogens (primary N) is 1. The van der Waals surface area contributed by atoms with Gasteiger partial charge in [-0.1, -0.05) is 50.3 Å². The second kappa shape index (κ2) is 5.35. The number of carbonyl (C=O) groups excluding carboxylic acids is 1. The summed E-state index contributed by atoms with van der Waals surface area (Å²) in [5.41, 5.74) is 6.88. The Kier molecular flexibility index (Phi) is 4.10. The first-order valence-corrected chi connectivity index (χ1v) is 5.20. The molecule has 0 aliphatic carbocycles. The van der Waals surface area contributed by atoms with Crippen molar-refractivity contribution < 1.29 is 4.79 Å². The average Bonchev–Trinajstić information content (AvgIpc) is 2.26. The Morgan fingerprint density at radius 1 is 1.40 bits per heavy atom. The third-order valence-corrected chi connectivity index (χ3v) is 2.52. The van der Waals surface area contributed by atoms with Crippen LogP contribution in [0.2, 0.25) is 0 Å². The monoisotopic (exact) mass is 203 g/mol. The van der Waals surface area contributed by atoms with Gasteiger partial charge >= 0.3 is 0 Å². The zero-order valence-corrected chi connectivity index (χ0v) is 9.07. The van der Waals surface area contributed by atoms with Crippen LogP contribution >= 0.6 is 0 Å². The molecule has 1 unspecified atom stereocenters. The van der Waals surface area contributed by atoms with Crippen molar-refractivity contribution in [1.82, 2.24) is 0 Å². The van der Waals surface area contributed by atoms with Gasteiger partial charge in [0.2, 0.25) is 5.91 Å². The molecule has 2 nitrogen and oxygen atoms in total. The van der Waals surface area contributed by atoms with E-state index in [1.807, 2.05) is 30.3 Å². The lowest BCUT2D eigenvalue weighted by molar-refractivity contribution is -0.114. The van der Waals surface area contributed by atoms with Gasteiger partial charge in [0.05, 0.1) is 0 Å². The number of benzene rings is 1. The Bertz CT molecular complexity index is 343. The van der Waals surface area contributed by atoms with Crippen molar-refractivity contribution in [3.8, 4) is 0 Å². The first-order valence-electron chi connectivity index (χ1n) is 5.20. The van der Waals surface area contributed by atoms with Crippen molar-refractivity contribution in [2.75, 3.05) is 0 Å². The number of rotatable bonds is 5. The Hall–Kier alpha value is -1.57. The van der Waals surface area contributed by atoms with Crippen LogP contribution in [0.5, 0.6) is 0 Å². The topological polar surface area (TPSA) is 43.1 Å². The van der Waals surface area contributed by atoms with Crippen molar-refractivity contribution in [2.45, 2.75) is 25.7 Å². The van der Waals surface area contributed by atoms with Crippen LogP contribution < -0.4 is 5.73 Å². The van der Waals surface area contributed by atoms with E-state index in [-0.39, 0.29) is 5.92 Å². The molecular weight excluding hydrogens is 186 g/mol. The maximum atomic E-state index is 11.1. The summed E-state index contributed by atoms with van der Waals surface area (Å²) in [5.74, 6) is -0.342. The van der Waals surface area contributed by atoms with Crippen LogP contribution in [0.25, 0.3) is 0 Å². The molecule has 1 aromatic rings. The molecule has 0 aliphatic heterocycles. The van der Waals surface area contributed by atoms with Gasteiger partial charge in [-0.2, -0.15) is 0 Å². The predicted molar refractivity (Wildman–Crippen MR) is 62.4 cm³/mol. The molecule has 0 saturated heterocycles. The maximum Gasteiger partial charge on any atom is 0.244 e. The lowest BCUT2D eigenvalue weighted by Gasteiger charge is -2.16. The third kappa shape index (κ3) is 2.94. The van der Waals surface area contributed by atoms with Crippen LogP contribution in [0, 0.1) is 0 Å². The van der Waals surface area contributed by atoms with Crippen LogP contribution in [-0.4, -0.2) is 5.91 Å². The summed E-state index contributed by atoms with van der Waals surface area (Å²) in [6.07, 6.45) is 1.91. The minimum Gasteiger partial charge on any atom is -0.366 e. The smallest absolute Gasteiger partial charge is 0.244 e. The number of hydrogen-bond acceptors (Lipinski definition) is 1. The SMILES string of the molecule is C=C(C(N)=O)C(CCC)c1ccccc1. The summed E-state index contributed by atoms with van der Waals surface area (Å²) >= 11 is 0. The van der Waals surface area contributed by atoms with Gasteiger partial charge in [-0.25, -0.2) is 0 Å². The summed E-state index contributed by atoms with van der Waals surface area (Å²) < 4.78 is 0. The molecule has 0 saturated carbocycles. The fourth-order valence-electron chi connectivity index (χ4n) is 1.69. The quantitative estimate of drug-likeness (QED) is 0.734. The average molecular weight is 203 g/mol. The van der Waals surface area contributed by atoms with E-state index >= 15 is 0 Å². The Morgan fingerprint density at radius 3 is 2.47 bits per heavy atom. The van der Waals surface area contributed by atoms with Gasteiger partial charge in [-0.15, -0.1) is 0 Å². The molecule has 1 rings (SSSR count). The third-order valence-electron chi connectivity index (χ3n) is 2.52. The van der Waals surface area contributed by atoms with Crippen molar-refractivity contribution in [3.63, 3.8) is 0 Å². The lowest BCUT2D eigenvalue weighted by atomic mass is 9.88. The maximum absolute atomic E-state index is 11.1. The molecule has 1 amide bonds. The van der Waals surface area contributed by atoms with Crippen molar-refractivity contribution in [1.29, 1.82) is 0 Å². The molecule has 80 valence electrons. The van der Waals surface area contributed by atoms with Crippen LogP contribution in [-0.2, 0) is 4.79 Å². The highest BCUT2D eigenvalue weighted by molar-refractivity contribution is 5.92. The fourth-order valence-corrected chi connectivity index (χ4v) is 1.69. The largest absolute Gasteiger partial charge is 0.366 e. The van der Waals surface area contributed by atoms with E-state index in [9.17, 15) is 4.79 Å². The minimum absolute atomic E-state index is 0.0636. The van der Waals surface area contributed by atoms with E-state index in [0.717, 1.165) is 18.4 Å². The van der Waals surface area contributed by atoms with E-state index < -0.39 is 5.91 Å². The molecular formula is C13H17NO. The molecule has 2 heteroatoms. The molecule has 0 aromatic heterocycles. The number of carbonyl (C=O) groups is 1. The van der Waals surface area contributed by atoms with Gasteiger partial charge in [0.15, 0.2) is 0 Å². The first kappa shape index (κ1) is 11.5. The van der Waals surface area contributed by atoms with E-state index in [4.69, 9.17) is 5.73 Å². The Labute approximate surface area is 90.8 Å². The van der Waals surface area contributed by atoms with Crippen LogP contribution in [0.15, 0.2) is 42.5 Å². The molecule has 1 atom stereocenters. The predicted octanol–water partition coefficient (Wildman–Crippen LogP) is 2.61. The van der Waals surface area contributed by atoms with E-state index in [1.54, 1.807) is 0 Å². The van der Waals surface area contributed by atoms with Crippen molar-refractivity contribution in [3.05, 3.63) is 48.0 Å². The highest BCUT2D eigenvalue weighted by atomic mass is 16.1. The molecule has 0 spiro atoms. The van der Waals surface area contributed by atoms with Gasteiger partial charge < -0.3 is 5.73 Å². The molecule has 0 bridgehead atoms.